The summed E-state index contributed by atoms with van der Waals surface area (Å²) in [7, 11) is -4.04. The summed E-state index contributed by atoms with van der Waals surface area (Å²) in [6.45, 7) is -0.419. The van der Waals surface area contributed by atoms with Crippen LogP contribution in [-0.2, 0) is 10.0 Å². The minimum atomic E-state index is -4.04. The fraction of sp³-hybridized carbons (Fsp3) is 0.143. The van der Waals surface area contributed by atoms with E-state index < -0.39 is 33.4 Å². The van der Waals surface area contributed by atoms with Crippen molar-refractivity contribution in [3.63, 3.8) is 0 Å². The molecule has 0 heterocycles. The highest BCUT2D eigenvalue weighted by Crippen LogP contribution is 2.18. The molecule has 0 aromatic heterocycles. The van der Waals surface area contributed by atoms with Crippen LogP contribution in [0.3, 0.4) is 0 Å². The second-order valence-electron chi connectivity index (χ2n) is 4.20. The zero-order valence-corrected chi connectivity index (χ0v) is 11.3. The van der Waals surface area contributed by atoms with Crippen LogP contribution in [-0.4, -0.2) is 20.1 Å². The molecule has 4 nitrogen and oxygen atoms in total. The van der Waals surface area contributed by atoms with Gasteiger partial charge in [-0.1, -0.05) is 42.5 Å². The molecule has 0 saturated heterocycles. The zero-order valence-electron chi connectivity index (χ0n) is 10.5. The molecule has 0 amide bonds. The molecule has 0 aliphatic heterocycles. The predicted octanol–water partition coefficient (Wildman–Crippen LogP) is 1.84. The van der Waals surface area contributed by atoms with E-state index in [2.05, 4.69) is 4.72 Å². The maximum Gasteiger partial charge on any atom is 0.244 e. The van der Waals surface area contributed by atoms with E-state index >= 15 is 0 Å². The van der Waals surface area contributed by atoms with Gasteiger partial charge in [-0.3, -0.25) is 0 Å². The Balaban J connectivity index is 2.30. The topological polar surface area (TPSA) is 66.4 Å². The number of halogens is 1. The Labute approximate surface area is 116 Å². The quantitative estimate of drug-likeness (QED) is 0.884. The van der Waals surface area contributed by atoms with Crippen LogP contribution in [0.1, 0.15) is 11.6 Å². The van der Waals surface area contributed by atoms with E-state index in [0.717, 1.165) is 6.07 Å². The van der Waals surface area contributed by atoms with Gasteiger partial charge in [-0.15, -0.1) is 0 Å². The molecular weight excluding hydrogens is 281 g/mol. The van der Waals surface area contributed by atoms with Crippen LogP contribution in [0.15, 0.2) is 59.5 Å². The van der Waals surface area contributed by atoms with Crippen molar-refractivity contribution in [2.75, 3.05) is 6.61 Å². The van der Waals surface area contributed by atoms with Crippen molar-refractivity contribution in [3.05, 3.63) is 66.0 Å². The molecule has 0 spiro atoms. The number of sulfonamides is 1. The van der Waals surface area contributed by atoms with Crippen molar-refractivity contribution in [2.24, 2.45) is 0 Å². The fourth-order valence-corrected chi connectivity index (χ4v) is 3.10. The molecule has 2 aromatic carbocycles. The van der Waals surface area contributed by atoms with E-state index in [1.807, 2.05) is 0 Å². The zero-order chi connectivity index (χ0) is 14.6. The molecule has 0 unspecified atom stereocenters. The first kappa shape index (κ1) is 14.6. The lowest BCUT2D eigenvalue weighted by Gasteiger charge is -2.17. The van der Waals surface area contributed by atoms with Crippen molar-refractivity contribution in [2.45, 2.75) is 10.9 Å². The smallest absolute Gasteiger partial charge is 0.244 e. The molecule has 0 bridgehead atoms. The Morgan fingerprint density at radius 2 is 1.65 bits per heavy atom. The molecule has 0 radical (unpaired) electrons. The van der Waals surface area contributed by atoms with Gasteiger partial charge in [0.1, 0.15) is 10.7 Å². The molecule has 106 valence electrons. The van der Waals surface area contributed by atoms with Crippen molar-refractivity contribution in [1.29, 1.82) is 0 Å². The summed E-state index contributed by atoms with van der Waals surface area (Å²) in [4.78, 5) is -0.436. The van der Waals surface area contributed by atoms with Crippen LogP contribution in [0, 0.1) is 5.82 Å². The third-order valence-electron chi connectivity index (χ3n) is 2.81. The molecule has 1 atom stereocenters. The summed E-state index contributed by atoms with van der Waals surface area (Å²) in [5.41, 5.74) is 0.606. The summed E-state index contributed by atoms with van der Waals surface area (Å²) in [6, 6.07) is 12.9. The minimum absolute atomic E-state index is 0.419. The van der Waals surface area contributed by atoms with Crippen LogP contribution < -0.4 is 4.72 Å². The van der Waals surface area contributed by atoms with Crippen molar-refractivity contribution < 1.29 is 17.9 Å². The number of hydrogen-bond acceptors (Lipinski definition) is 3. The molecule has 0 fully saturated rings. The molecular formula is C14H14FNO3S. The van der Waals surface area contributed by atoms with Crippen molar-refractivity contribution >= 4 is 10.0 Å². The maximum absolute atomic E-state index is 13.6. The highest BCUT2D eigenvalue weighted by atomic mass is 32.2. The SMILES string of the molecule is O=S(=O)(N[C@H](CO)c1ccccc1)c1ccccc1F. The normalized spacial score (nSPS) is 13.1. The Kier molecular flexibility index (Phi) is 4.49. The molecule has 2 N–H and O–H groups in total. The highest BCUT2D eigenvalue weighted by Gasteiger charge is 2.23. The largest absolute Gasteiger partial charge is 0.394 e. The van der Waals surface area contributed by atoms with Crippen molar-refractivity contribution in [3.8, 4) is 0 Å². The van der Waals surface area contributed by atoms with E-state index in [9.17, 15) is 17.9 Å². The first-order valence-corrected chi connectivity index (χ1v) is 7.45. The Hall–Kier alpha value is -1.76. The second kappa shape index (κ2) is 6.13. The lowest BCUT2D eigenvalue weighted by molar-refractivity contribution is 0.258. The lowest BCUT2D eigenvalue weighted by Crippen LogP contribution is -2.31. The third-order valence-corrected chi connectivity index (χ3v) is 4.31. The van der Waals surface area contributed by atoms with Crippen LogP contribution in [0.25, 0.3) is 0 Å². The summed E-state index contributed by atoms with van der Waals surface area (Å²) in [6.07, 6.45) is 0. The number of rotatable bonds is 5. The van der Waals surface area contributed by atoms with Gasteiger partial charge in [-0.05, 0) is 17.7 Å². The van der Waals surface area contributed by atoms with Crippen LogP contribution in [0.2, 0.25) is 0 Å². The minimum Gasteiger partial charge on any atom is -0.394 e. The van der Waals surface area contributed by atoms with Crippen LogP contribution >= 0.6 is 0 Å². The fourth-order valence-electron chi connectivity index (χ4n) is 1.81. The van der Waals surface area contributed by atoms with Gasteiger partial charge in [0.15, 0.2) is 0 Å². The third kappa shape index (κ3) is 3.22. The van der Waals surface area contributed by atoms with E-state index in [1.165, 1.54) is 18.2 Å². The Morgan fingerprint density at radius 1 is 1.05 bits per heavy atom. The molecule has 6 heteroatoms. The van der Waals surface area contributed by atoms with Gasteiger partial charge in [0.2, 0.25) is 10.0 Å². The van der Waals surface area contributed by atoms with Crippen LogP contribution in [0.4, 0.5) is 4.39 Å². The van der Waals surface area contributed by atoms with Gasteiger partial charge in [0.25, 0.3) is 0 Å². The molecule has 0 saturated carbocycles. The van der Waals surface area contributed by atoms with Crippen LogP contribution in [0.5, 0.6) is 0 Å². The van der Waals surface area contributed by atoms with E-state index in [0.29, 0.717) is 5.56 Å². The summed E-state index contributed by atoms with van der Waals surface area (Å²) in [5.74, 6) is -0.829. The lowest BCUT2D eigenvalue weighted by atomic mass is 10.1. The maximum atomic E-state index is 13.6. The molecule has 2 aromatic rings. The first-order chi connectivity index (χ1) is 9.54. The average molecular weight is 295 g/mol. The Bertz CT molecular complexity index is 674. The monoisotopic (exact) mass is 295 g/mol. The molecule has 2 rings (SSSR count). The summed E-state index contributed by atoms with van der Waals surface area (Å²) < 4.78 is 40.1. The van der Waals surface area contributed by atoms with E-state index in [4.69, 9.17) is 0 Å². The Morgan fingerprint density at radius 3 is 2.25 bits per heavy atom. The number of aliphatic hydroxyl groups excluding tert-OH is 1. The van der Waals surface area contributed by atoms with Gasteiger partial charge in [0.05, 0.1) is 12.6 Å². The van der Waals surface area contributed by atoms with Gasteiger partial charge in [0, 0.05) is 0 Å². The van der Waals surface area contributed by atoms with Gasteiger partial charge < -0.3 is 5.11 Å². The highest BCUT2D eigenvalue weighted by molar-refractivity contribution is 7.89. The van der Waals surface area contributed by atoms with Crippen molar-refractivity contribution in [1.82, 2.24) is 4.72 Å². The number of nitrogens with one attached hydrogen (secondary N) is 1. The van der Waals surface area contributed by atoms with Gasteiger partial charge in [-0.25, -0.2) is 17.5 Å². The van der Waals surface area contributed by atoms with E-state index in [1.54, 1.807) is 30.3 Å². The number of aliphatic hydroxyl groups is 1. The van der Waals surface area contributed by atoms with E-state index in [-0.39, 0.29) is 0 Å². The van der Waals surface area contributed by atoms with Gasteiger partial charge in [-0.2, -0.15) is 0 Å². The summed E-state index contributed by atoms with van der Waals surface area (Å²) >= 11 is 0. The predicted molar refractivity (Wildman–Crippen MR) is 73.0 cm³/mol. The molecule has 0 aliphatic carbocycles. The standard InChI is InChI=1S/C14H14FNO3S/c15-12-8-4-5-9-14(12)20(18,19)16-13(10-17)11-6-2-1-3-7-11/h1-9,13,16-17H,10H2/t13-/m1/s1. The number of hydrogen-bond donors (Lipinski definition) is 2. The average Bonchev–Trinajstić information content (AvgIpc) is 2.46. The number of benzene rings is 2. The molecule has 20 heavy (non-hydrogen) atoms. The molecule has 0 aliphatic rings. The first-order valence-electron chi connectivity index (χ1n) is 5.97. The summed E-state index contributed by atoms with van der Waals surface area (Å²) in [5, 5.41) is 9.34. The second-order valence-corrected chi connectivity index (χ2v) is 5.88. The van der Waals surface area contributed by atoms with Gasteiger partial charge >= 0.3 is 0 Å².